The minimum Gasteiger partial charge on any atom is -0.376 e. The number of nitrogens with zero attached hydrogens (tertiary/aromatic N) is 4. The van der Waals surface area contributed by atoms with Crippen LogP contribution in [0.4, 0.5) is 0 Å². The van der Waals surface area contributed by atoms with Crippen molar-refractivity contribution in [2.45, 2.75) is 38.7 Å². The molecular weight excluding hydrogens is 370 g/mol. The van der Waals surface area contributed by atoms with Gasteiger partial charge in [0.05, 0.1) is 18.0 Å². The van der Waals surface area contributed by atoms with Crippen LogP contribution < -0.4 is 5.32 Å². The predicted octanol–water partition coefficient (Wildman–Crippen LogP) is 1.55. The van der Waals surface area contributed by atoms with E-state index in [0.29, 0.717) is 32.7 Å². The number of hydrogen-bond acceptors (Lipinski definition) is 6. The van der Waals surface area contributed by atoms with Crippen molar-refractivity contribution in [2.75, 3.05) is 26.2 Å². The molecule has 2 amide bonds. The van der Waals surface area contributed by atoms with Crippen molar-refractivity contribution >= 4 is 11.8 Å². The van der Waals surface area contributed by atoms with Crippen LogP contribution in [0.2, 0.25) is 0 Å². The van der Waals surface area contributed by atoms with Gasteiger partial charge in [-0.15, -0.1) is 0 Å². The first-order valence-electron chi connectivity index (χ1n) is 9.98. The van der Waals surface area contributed by atoms with E-state index in [9.17, 15) is 9.59 Å². The van der Waals surface area contributed by atoms with Crippen LogP contribution >= 0.6 is 0 Å². The molecule has 1 aliphatic heterocycles. The molecule has 1 atom stereocenters. The Balaban J connectivity index is 1.52. The van der Waals surface area contributed by atoms with E-state index in [1.54, 1.807) is 17.3 Å². The summed E-state index contributed by atoms with van der Waals surface area (Å²) in [6.07, 6.45) is 7.59. The largest absolute Gasteiger partial charge is 0.376 e. The molecular formula is C21H27N5O3. The maximum absolute atomic E-state index is 12.9. The molecule has 154 valence electrons. The molecule has 0 spiro atoms. The van der Waals surface area contributed by atoms with Gasteiger partial charge in [-0.3, -0.25) is 19.6 Å². The lowest BCUT2D eigenvalue weighted by Crippen LogP contribution is -2.40. The van der Waals surface area contributed by atoms with Crippen molar-refractivity contribution in [3.63, 3.8) is 0 Å². The van der Waals surface area contributed by atoms with E-state index in [1.165, 1.54) is 6.20 Å². The zero-order chi connectivity index (χ0) is 20.5. The van der Waals surface area contributed by atoms with E-state index in [1.807, 2.05) is 25.1 Å². The zero-order valence-corrected chi connectivity index (χ0v) is 16.7. The first kappa shape index (κ1) is 20.9. The number of hydrogen-bond donors (Lipinski definition) is 1. The maximum atomic E-state index is 12.9. The summed E-state index contributed by atoms with van der Waals surface area (Å²) < 4.78 is 5.67. The molecule has 1 fully saturated rings. The van der Waals surface area contributed by atoms with Gasteiger partial charge in [-0.1, -0.05) is 6.07 Å². The van der Waals surface area contributed by atoms with E-state index in [2.05, 4.69) is 20.3 Å². The van der Waals surface area contributed by atoms with Crippen LogP contribution in [0.3, 0.4) is 0 Å². The summed E-state index contributed by atoms with van der Waals surface area (Å²) in [6, 6.07) is 5.71. The molecule has 0 saturated carbocycles. The lowest BCUT2D eigenvalue weighted by molar-refractivity contribution is -0.121. The summed E-state index contributed by atoms with van der Waals surface area (Å²) in [7, 11) is 0. The summed E-state index contributed by atoms with van der Waals surface area (Å²) in [4.78, 5) is 39.4. The average Bonchev–Trinajstić information content (AvgIpc) is 3.25. The van der Waals surface area contributed by atoms with Crippen LogP contribution in [-0.2, 0) is 16.0 Å². The molecule has 8 nitrogen and oxygen atoms in total. The molecule has 1 unspecified atom stereocenters. The Kier molecular flexibility index (Phi) is 7.63. The Morgan fingerprint density at radius 1 is 1.24 bits per heavy atom. The topological polar surface area (TPSA) is 97.3 Å². The van der Waals surface area contributed by atoms with Gasteiger partial charge < -0.3 is 15.0 Å². The summed E-state index contributed by atoms with van der Waals surface area (Å²) in [5.74, 6) is -0.324. The predicted molar refractivity (Wildman–Crippen MR) is 107 cm³/mol. The van der Waals surface area contributed by atoms with Gasteiger partial charge >= 0.3 is 0 Å². The van der Waals surface area contributed by atoms with Crippen molar-refractivity contribution < 1.29 is 14.3 Å². The first-order chi connectivity index (χ1) is 14.1. The van der Waals surface area contributed by atoms with Gasteiger partial charge in [0.1, 0.15) is 5.69 Å². The third-order valence-electron chi connectivity index (χ3n) is 4.77. The molecule has 0 radical (unpaired) electrons. The molecule has 0 aliphatic carbocycles. The molecule has 8 heteroatoms. The third-order valence-corrected chi connectivity index (χ3v) is 4.77. The fourth-order valence-electron chi connectivity index (χ4n) is 3.18. The highest BCUT2D eigenvalue weighted by Gasteiger charge is 2.24. The van der Waals surface area contributed by atoms with Gasteiger partial charge in [0.25, 0.3) is 5.91 Å². The molecule has 2 aromatic heterocycles. The highest BCUT2D eigenvalue weighted by Crippen LogP contribution is 2.15. The number of rotatable bonds is 9. The number of amides is 2. The first-order valence-corrected chi connectivity index (χ1v) is 9.98. The van der Waals surface area contributed by atoms with E-state index in [4.69, 9.17) is 4.74 Å². The van der Waals surface area contributed by atoms with E-state index in [0.717, 1.165) is 24.2 Å². The molecule has 1 aliphatic rings. The van der Waals surface area contributed by atoms with Gasteiger partial charge in [0, 0.05) is 57.2 Å². The molecule has 0 bridgehead atoms. The Morgan fingerprint density at radius 3 is 2.83 bits per heavy atom. The molecule has 1 saturated heterocycles. The highest BCUT2D eigenvalue weighted by molar-refractivity contribution is 5.92. The van der Waals surface area contributed by atoms with E-state index < -0.39 is 0 Å². The lowest BCUT2D eigenvalue weighted by atomic mass is 10.2. The number of pyridine rings is 1. The maximum Gasteiger partial charge on any atom is 0.274 e. The SMILES string of the molecule is Cc1cnc(C(=O)N(CCC(=O)NCCc2ccccn2)CC2CCCO2)cn1. The van der Waals surface area contributed by atoms with Gasteiger partial charge in [-0.05, 0) is 31.9 Å². The van der Waals surface area contributed by atoms with Gasteiger partial charge in [0.2, 0.25) is 5.91 Å². The summed E-state index contributed by atoms with van der Waals surface area (Å²) in [5.41, 5.74) is 1.96. The van der Waals surface area contributed by atoms with E-state index >= 15 is 0 Å². The average molecular weight is 397 g/mol. The van der Waals surface area contributed by atoms with E-state index in [-0.39, 0.29) is 30.0 Å². The minimum absolute atomic E-state index is 0.00423. The smallest absolute Gasteiger partial charge is 0.274 e. The van der Waals surface area contributed by atoms with Crippen LogP contribution in [0.25, 0.3) is 0 Å². The Bertz CT molecular complexity index is 792. The summed E-state index contributed by atoms with van der Waals surface area (Å²) >= 11 is 0. The molecule has 29 heavy (non-hydrogen) atoms. The highest BCUT2D eigenvalue weighted by atomic mass is 16.5. The van der Waals surface area contributed by atoms with Crippen molar-refractivity contribution in [2.24, 2.45) is 0 Å². The fourth-order valence-corrected chi connectivity index (χ4v) is 3.18. The Labute approximate surface area is 170 Å². The Hall–Kier alpha value is -2.87. The number of aromatic nitrogens is 3. The number of ether oxygens (including phenoxy) is 1. The van der Waals surface area contributed by atoms with Crippen LogP contribution in [-0.4, -0.2) is 64.0 Å². The van der Waals surface area contributed by atoms with Crippen molar-refractivity contribution in [3.05, 3.63) is 53.9 Å². The molecule has 3 heterocycles. The third kappa shape index (κ3) is 6.60. The van der Waals surface area contributed by atoms with Crippen molar-refractivity contribution in [3.8, 4) is 0 Å². The number of aryl methyl sites for hydroxylation is 1. The molecule has 0 aromatic carbocycles. The number of carbonyl (C=O) groups excluding carboxylic acids is 2. The summed E-state index contributed by atoms with van der Waals surface area (Å²) in [5, 5.41) is 2.89. The van der Waals surface area contributed by atoms with Crippen LogP contribution in [0, 0.1) is 6.92 Å². The molecule has 1 N–H and O–H groups in total. The van der Waals surface area contributed by atoms with Crippen molar-refractivity contribution in [1.29, 1.82) is 0 Å². The minimum atomic E-state index is -0.228. The second kappa shape index (κ2) is 10.6. The quantitative estimate of drug-likeness (QED) is 0.690. The Morgan fingerprint density at radius 2 is 2.14 bits per heavy atom. The summed E-state index contributed by atoms with van der Waals surface area (Å²) in [6.45, 7) is 3.81. The number of carbonyl (C=O) groups is 2. The van der Waals surface area contributed by atoms with Gasteiger partial charge in [-0.2, -0.15) is 0 Å². The second-order valence-electron chi connectivity index (χ2n) is 7.10. The normalized spacial score (nSPS) is 15.8. The van der Waals surface area contributed by atoms with Crippen LogP contribution in [0.5, 0.6) is 0 Å². The van der Waals surface area contributed by atoms with Crippen molar-refractivity contribution in [1.82, 2.24) is 25.2 Å². The van der Waals surface area contributed by atoms with Crippen LogP contribution in [0.1, 0.15) is 41.1 Å². The van der Waals surface area contributed by atoms with Crippen LogP contribution in [0.15, 0.2) is 36.8 Å². The fraction of sp³-hybridized carbons (Fsp3) is 0.476. The number of nitrogens with one attached hydrogen (secondary N) is 1. The second-order valence-corrected chi connectivity index (χ2v) is 7.10. The molecule has 2 aromatic rings. The standard InChI is InChI=1S/C21H27N5O3/c1-16-13-25-19(14-24-16)21(28)26(15-18-6-4-12-29-18)11-8-20(27)23-10-7-17-5-2-3-9-22-17/h2-3,5,9,13-14,18H,4,6-8,10-12,15H2,1H3,(H,23,27). The van der Waals surface area contributed by atoms with Gasteiger partial charge in [-0.25, -0.2) is 4.98 Å². The lowest BCUT2D eigenvalue weighted by Gasteiger charge is -2.25. The zero-order valence-electron chi connectivity index (χ0n) is 16.7. The monoisotopic (exact) mass is 397 g/mol. The van der Waals surface area contributed by atoms with Gasteiger partial charge in [0.15, 0.2) is 0 Å². The molecule has 3 rings (SSSR count).